The van der Waals surface area contributed by atoms with Gasteiger partial charge in [0.25, 0.3) is 0 Å². The van der Waals surface area contributed by atoms with E-state index in [0.29, 0.717) is 5.41 Å². The minimum absolute atomic E-state index is 0.439. The zero-order valence-corrected chi connectivity index (χ0v) is 21.0. The number of nitrogens with zero attached hydrogens (tertiary/aromatic N) is 2. The van der Waals surface area contributed by atoms with Gasteiger partial charge in [0.05, 0.1) is 0 Å². The highest BCUT2D eigenvalue weighted by molar-refractivity contribution is 4.97. The highest BCUT2D eigenvalue weighted by Crippen LogP contribution is 2.47. The molecule has 5 atom stereocenters. The molecule has 0 bridgehead atoms. The van der Waals surface area contributed by atoms with Crippen LogP contribution in [0.25, 0.3) is 0 Å². The molecule has 0 aromatic rings. The third kappa shape index (κ3) is 4.95. The molecule has 0 radical (unpaired) electrons. The van der Waals surface area contributed by atoms with Crippen LogP contribution in [0.4, 0.5) is 0 Å². The summed E-state index contributed by atoms with van der Waals surface area (Å²) in [6.45, 7) is 18.1. The van der Waals surface area contributed by atoms with Gasteiger partial charge in [-0.2, -0.15) is 0 Å². The lowest BCUT2D eigenvalue weighted by Gasteiger charge is -2.54. The summed E-state index contributed by atoms with van der Waals surface area (Å²) in [5.41, 5.74) is 0.439. The summed E-state index contributed by atoms with van der Waals surface area (Å²) in [5.74, 6) is 4.69. The Morgan fingerprint density at radius 2 is 1.37 bits per heavy atom. The van der Waals surface area contributed by atoms with E-state index >= 15 is 0 Å². The lowest BCUT2D eigenvalue weighted by Crippen LogP contribution is -2.56. The van der Waals surface area contributed by atoms with Crippen LogP contribution in [0.15, 0.2) is 0 Å². The molecule has 0 N–H and O–H groups in total. The van der Waals surface area contributed by atoms with Gasteiger partial charge in [-0.3, -0.25) is 4.90 Å². The highest BCUT2D eigenvalue weighted by atomic mass is 15.2. The van der Waals surface area contributed by atoms with Crippen molar-refractivity contribution < 1.29 is 0 Å². The van der Waals surface area contributed by atoms with E-state index < -0.39 is 0 Å². The van der Waals surface area contributed by atoms with E-state index in [9.17, 15) is 0 Å². The largest absolute Gasteiger partial charge is 0.300 e. The maximum Gasteiger partial charge on any atom is 0.00955 e. The number of rotatable bonds is 7. The zero-order valence-electron chi connectivity index (χ0n) is 21.0. The van der Waals surface area contributed by atoms with E-state index in [0.717, 1.165) is 41.7 Å². The quantitative estimate of drug-likeness (QED) is 0.448. The summed E-state index contributed by atoms with van der Waals surface area (Å²) in [4.78, 5) is 5.90. The van der Waals surface area contributed by atoms with Crippen molar-refractivity contribution in [2.24, 2.45) is 35.0 Å². The van der Waals surface area contributed by atoms with Crippen molar-refractivity contribution in [3.05, 3.63) is 0 Å². The van der Waals surface area contributed by atoms with Crippen molar-refractivity contribution in [3.63, 3.8) is 0 Å². The molecule has 2 heterocycles. The highest BCUT2D eigenvalue weighted by Gasteiger charge is 2.45. The fourth-order valence-corrected chi connectivity index (χ4v) is 7.66. The first-order valence-electron chi connectivity index (χ1n) is 13.9. The summed E-state index contributed by atoms with van der Waals surface area (Å²) in [6, 6.07) is 1.86. The van der Waals surface area contributed by atoms with Gasteiger partial charge in [0, 0.05) is 31.7 Å². The van der Waals surface area contributed by atoms with Crippen LogP contribution in [-0.2, 0) is 0 Å². The van der Waals surface area contributed by atoms with Gasteiger partial charge in [-0.25, -0.2) is 0 Å². The van der Waals surface area contributed by atoms with Crippen molar-refractivity contribution in [1.82, 2.24) is 9.80 Å². The molecule has 0 aromatic carbocycles. The standard InChI is InChI=1S/C28H52N2/c1-6-10-21-15-16-29(24-11-8-12-24)18-22(21)17-23-19-30(25-13-9-14-25)20-27(26(23)7-2)28(3,4)5/h21-27H,6-20H2,1-5H3. The number of piperidine rings is 2. The molecule has 4 rings (SSSR count). The first-order chi connectivity index (χ1) is 14.4. The molecule has 5 unspecified atom stereocenters. The van der Waals surface area contributed by atoms with Gasteiger partial charge in [0.1, 0.15) is 0 Å². The average molecular weight is 417 g/mol. The minimum atomic E-state index is 0.439. The van der Waals surface area contributed by atoms with E-state index in [4.69, 9.17) is 0 Å². The molecule has 2 aliphatic heterocycles. The fourth-order valence-electron chi connectivity index (χ4n) is 7.66. The minimum Gasteiger partial charge on any atom is -0.300 e. The van der Waals surface area contributed by atoms with Gasteiger partial charge in [-0.05, 0) is 80.1 Å². The van der Waals surface area contributed by atoms with Crippen LogP contribution in [0.2, 0.25) is 0 Å². The molecule has 2 saturated heterocycles. The normalized spacial score (nSPS) is 37.7. The summed E-state index contributed by atoms with van der Waals surface area (Å²) < 4.78 is 0. The van der Waals surface area contributed by atoms with Crippen LogP contribution >= 0.6 is 0 Å². The Morgan fingerprint density at radius 1 is 0.733 bits per heavy atom. The lowest BCUT2D eigenvalue weighted by atomic mass is 9.62. The molecule has 2 aliphatic carbocycles. The number of likely N-dealkylation sites (tertiary alicyclic amines) is 2. The van der Waals surface area contributed by atoms with Gasteiger partial charge >= 0.3 is 0 Å². The third-order valence-electron chi connectivity index (χ3n) is 9.98. The van der Waals surface area contributed by atoms with Crippen molar-refractivity contribution >= 4 is 0 Å². The van der Waals surface area contributed by atoms with Gasteiger partial charge in [0.15, 0.2) is 0 Å². The van der Waals surface area contributed by atoms with Gasteiger partial charge in [-0.1, -0.05) is 66.7 Å². The second kappa shape index (κ2) is 9.82. The van der Waals surface area contributed by atoms with Crippen LogP contribution in [-0.4, -0.2) is 48.1 Å². The Kier molecular flexibility index (Phi) is 7.56. The van der Waals surface area contributed by atoms with E-state index in [1.165, 1.54) is 96.8 Å². The van der Waals surface area contributed by atoms with Gasteiger partial charge < -0.3 is 4.90 Å². The first-order valence-corrected chi connectivity index (χ1v) is 13.9. The van der Waals surface area contributed by atoms with Crippen LogP contribution in [0.1, 0.15) is 105 Å². The molecule has 0 spiro atoms. The molecule has 0 aromatic heterocycles. The van der Waals surface area contributed by atoms with Crippen molar-refractivity contribution in [2.45, 2.75) is 117 Å². The smallest absolute Gasteiger partial charge is 0.00955 e. The Labute approximate surface area is 188 Å². The third-order valence-corrected chi connectivity index (χ3v) is 9.98. The summed E-state index contributed by atoms with van der Waals surface area (Å²) in [6.07, 6.45) is 16.1. The molecular formula is C28H52N2. The van der Waals surface area contributed by atoms with E-state index in [1.807, 2.05) is 0 Å². The monoisotopic (exact) mass is 416 g/mol. The predicted octanol–water partition coefficient (Wildman–Crippen LogP) is 6.84. The molecule has 174 valence electrons. The molecule has 4 fully saturated rings. The fraction of sp³-hybridized carbons (Fsp3) is 1.00. The maximum atomic E-state index is 2.97. The molecule has 4 aliphatic rings. The molecular weight excluding hydrogens is 364 g/mol. The Bertz CT molecular complexity index is 529. The summed E-state index contributed by atoms with van der Waals surface area (Å²) >= 11 is 0. The average Bonchev–Trinajstić information content (AvgIpc) is 2.60. The first kappa shape index (κ1) is 23.1. The molecule has 2 heteroatoms. The van der Waals surface area contributed by atoms with E-state index in [1.54, 1.807) is 0 Å². The molecule has 30 heavy (non-hydrogen) atoms. The van der Waals surface area contributed by atoms with Crippen LogP contribution < -0.4 is 0 Å². The van der Waals surface area contributed by atoms with Crippen LogP contribution in [0.3, 0.4) is 0 Å². The van der Waals surface area contributed by atoms with Gasteiger partial charge in [-0.15, -0.1) is 0 Å². The molecule has 0 amide bonds. The van der Waals surface area contributed by atoms with E-state index in [2.05, 4.69) is 44.4 Å². The van der Waals surface area contributed by atoms with Crippen molar-refractivity contribution in [2.75, 3.05) is 26.2 Å². The SMILES string of the molecule is CCCC1CCN(C2CCC2)CC1CC1CN(C2CCC2)CC(C(C)(C)C)C1CC. The molecule has 2 nitrogen and oxygen atoms in total. The number of hydrogen-bond donors (Lipinski definition) is 0. The van der Waals surface area contributed by atoms with Crippen molar-refractivity contribution in [1.29, 1.82) is 0 Å². The second-order valence-electron chi connectivity index (χ2n) is 12.8. The van der Waals surface area contributed by atoms with E-state index in [-0.39, 0.29) is 0 Å². The Balaban J connectivity index is 1.50. The zero-order chi connectivity index (χ0) is 21.3. The number of hydrogen-bond acceptors (Lipinski definition) is 2. The van der Waals surface area contributed by atoms with Crippen molar-refractivity contribution in [3.8, 4) is 0 Å². The molecule has 2 saturated carbocycles. The second-order valence-corrected chi connectivity index (χ2v) is 12.8. The topological polar surface area (TPSA) is 6.48 Å². The van der Waals surface area contributed by atoms with Gasteiger partial charge in [0.2, 0.25) is 0 Å². The summed E-state index contributed by atoms with van der Waals surface area (Å²) in [7, 11) is 0. The Hall–Kier alpha value is -0.0800. The van der Waals surface area contributed by atoms with Crippen LogP contribution in [0.5, 0.6) is 0 Å². The van der Waals surface area contributed by atoms with Crippen LogP contribution in [0, 0.1) is 35.0 Å². The maximum absolute atomic E-state index is 2.97. The summed E-state index contributed by atoms with van der Waals surface area (Å²) in [5, 5.41) is 0. The predicted molar refractivity (Wildman–Crippen MR) is 130 cm³/mol. The Morgan fingerprint density at radius 3 is 1.90 bits per heavy atom. The lowest BCUT2D eigenvalue weighted by molar-refractivity contribution is -0.0503.